The second-order valence-corrected chi connectivity index (χ2v) is 5.55. The van der Waals surface area contributed by atoms with Gasteiger partial charge in [-0.1, -0.05) is 19.1 Å². The van der Waals surface area contributed by atoms with Gasteiger partial charge in [0.05, 0.1) is 26.5 Å². The Balaban J connectivity index is 2.47. The summed E-state index contributed by atoms with van der Waals surface area (Å²) in [6.07, 6.45) is 0.988. The van der Waals surface area contributed by atoms with E-state index >= 15 is 0 Å². The van der Waals surface area contributed by atoms with Crippen LogP contribution in [0.15, 0.2) is 18.2 Å². The third-order valence-corrected chi connectivity index (χ3v) is 3.50. The summed E-state index contributed by atoms with van der Waals surface area (Å²) in [5, 5.41) is 17.8. The van der Waals surface area contributed by atoms with E-state index in [9.17, 15) is 5.11 Å². The van der Waals surface area contributed by atoms with Gasteiger partial charge < -0.3 is 14.6 Å². The Hall–Kier alpha value is -2.08. The fraction of sp³-hybridized carbons (Fsp3) is 0.500. The summed E-state index contributed by atoms with van der Waals surface area (Å²) in [4.78, 5) is 0. The van der Waals surface area contributed by atoms with Gasteiger partial charge in [-0.3, -0.25) is 0 Å². The smallest absolute Gasteiger partial charge is 0.123 e. The van der Waals surface area contributed by atoms with Gasteiger partial charge in [0.2, 0.25) is 0 Å². The minimum absolute atomic E-state index is 0.156. The van der Waals surface area contributed by atoms with Gasteiger partial charge >= 0.3 is 0 Å². The Morgan fingerprint density at radius 3 is 2.27 bits per heavy atom. The van der Waals surface area contributed by atoms with Crippen molar-refractivity contribution in [3.05, 3.63) is 23.9 Å². The van der Waals surface area contributed by atoms with Gasteiger partial charge in [-0.15, -0.1) is 5.10 Å². The molecule has 0 saturated heterocycles. The molecule has 2 rings (SSSR count). The van der Waals surface area contributed by atoms with Crippen LogP contribution in [0, 0.1) is 5.92 Å². The summed E-state index contributed by atoms with van der Waals surface area (Å²) in [6, 6.07) is 5.60. The van der Waals surface area contributed by atoms with Crippen molar-refractivity contribution in [2.24, 2.45) is 5.92 Å². The minimum atomic E-state index is -0.156. The van der Waals surface area contributed by atoms with E-state index in [1.54, 1.807) is 14.2 Å². The lowest BCUT2D eigenvalue weighted by Gasteiger charge is -2.12. The molecule has 0 radical (unpaired) electrons. The highest BCUT2D eigenvalue weighted by atomic mass is 16.5. The van der Waals surface area contributed by atoms with E-state index in [4.69, 9.17) is 9.47 Å². The molecule has 22 heavy (non-hydrogen) atoms. The quantitative estimate of drug-likeness (QED) is 0.851. The first kappa shape index (κ1) is 16.3. The number of hydrogen-bond donors (Lipinski definition) is 1. The van der Waals surface area contributed by atoms with Crippen LogP contribution in [0.2, 0.25) is 0 Å². The van der Waals surface area contributed by atoms with Crippen molar-refractivity contribution in [3.63, 3.8) is 0 Å². The Labute approximate surface area is 130 Å². The molecular formula is C16H23N3O3. The zero-order valence-corrected chi connectivity index (χ0v) is 13.5. The number of rotatable bonds is 7. The highest BCUT2D eigenvalue weighted by molar-refractivity contribution is 5.66. The molecule has 1 heterocycles. The first-order chi connectivity index (χ1) is 10.6. The average molecular weight is 305 g/mol. The number of hydrogen-bond acceptors (Lipinski definition) is 5. The molecule has 1 aromatic carbocycles. The largest absolute Gasteiger partial charge is 0.497 e. The normalized spacial score (nSPS) is 11.0. The lowest BCUT2D eigenvalue weighted by Crippen LogP contribution is -2.06. The summed E-state index contributed by atoms with van der Waals surface area (Å²) in [5.74, 6) is 1.94. The topological polar surface area (TPSA) is 69.4 Å². The molecular weight excluding hydrogens is 282 g/mol. The predicted molar refractivity (Wildman–Crippen MR) is 83.9 cm³/mol. The molecule has 1 N–H and O–H groups in total. The maximum absolute atomic E-state index is 9.55. The molecule has 0 fully saturated rings. The van der Waals surface area contributed by atoms with Crippen LogP contribution < -0.4 is 9.47 Å². The lowest BCUT2D eigenvalue weighted by molar-refractivity contribution is 0.277. The molecule has 1 aromatic heterocycles. The second-order valence-electron chi connectivity index (χ2n) is 5.55. The van der Waals surface area contributed by atoms with Crippen LogP contribution in [0.25, 0.3) is 11.3 Å². The molecule has 0 aliphatic heterocycles. The maximum atomic E-state index is 9.55. The molecule has 0 bridgehead atoms. The number of nitrogens with zero attached hydrogens (tertiary/aromatic N) is 3. The van der Waals surface area contributed by atoms with Crippen LogP contribution in [0.1, 0.15) is 26.0 Å². The van der Waals surface area contributed by atoms with E-state index in [0.717, 1.165) is 24.2 Å². The van der Waals surface area contributed by atoms with Crippen molar-refractivity contribution < 1.29 is 14.6 Å². The molecule has 0 aliphatic rings. The van der Waals surface area contributed by atoms with Gasteiger partial charge in [-0.25, -0.2) is 4.68 Å². The van der Waals surface area contributed by atoms with E-state index in [1.165, 1.54) is 0 Å². The first-order valence-corrected chi connectivity index (χ1v) is 7.35. The summed E-state index contributed by atoms with van der Waals surface area (Å²) < 4.78 is 12.5. The Kier molecular flexibility index (Phi) is 5.38. The van der Waals surface area contributed by atoms with Crippen LogP contribution in [0.5, 0.6) is 11.5 Å². The molecule has 0 atom stereocenters. The van der Waals surface area contributed by atoms with Gasteiger partial charge in [0.15, 0.2) is 0 Å². The molecule has 120 valence electrons. The molecule has 6 nitrogen and oxygen atoms in total. The van der Waals surface area contributed by atoms with Crippen molar-refractivity contribution >= 4 is 0 Å². The Morgan fingerprint density at radius 2 is 1.77 bits per heavy atom. The van der Waals surface area contributed by atoms with Gasteiger partial charge in [0.25, 0.3) is 0 Å². The van der Waals surface area contributed by atoms with Crippen molar-refractivity contribution in [3.8, 4) is 22.8 Å². The fourth-order valence-corrected chi connectivity index (χ4v) is 2.25. The van der Waals surface area contributed by atoms with E-state index in [1.807, 2.05) is 22.9 Å². The number of aryl methyl sites for hydroxylation is 1. The van der Waals surface area contributed by atoms with Crippen LogP contribution in [-0.4, -0.2) is 34.3 Å². The highest BCUT2D eigenvalue weighted by Crippen LogP contribution is 2.31. The predicted octanol–water partition coefficient (Wildman–Crippen LogP) is 2.50. The van der Waals surface area contributed by atoms with Gasteiger partial charge in [0, 0.05) is 18.2 Å². The highest BCUT2D eigenvalue weighted by Gasteiger charge is 2.16. The SMILES string of the molecule is COc1cc(OC)cc(-c2c(CO)nnn2CCC(C)C)c1. The number of ether oxygens (including phenoxy) is 2. The second kappa shape index (κ2) is 7.26. The van der Waals surface area contributed by atoms with E-state index < -0.39 is 0 Å². The van der Waals surface area contributed by atoms with Crippen LogP contribution in [0.3, 0.4) is 0 Å². The van der Waals surface area contributed by atoms with Crippen molar-refractivity contribution in [2.75, 3.05) is 14.2 Å². The number of aromatic nitrogens is 3. The van der Waals surface area contributed by atoms with Gasteiger partial charge in [0.1, 0.15) is 17.2 Å². The van der Waals surface area contributed by atoms with Crippen molar-refractivity contribution in [2.45, 2.75) is 33.4 Å². The van der Waals surface area contributed by atoms with E-state index in [0.29, 0.717) is 23.1 Å². The monoisotopic (exact) mass is 305 g/mol. The Morgan fingerprint density at radius 1 is 1.14 bits per heavy atom. The molecule has 0 spiro atoms. The number of methoxy groups -OCH3 is 2. The average Bonchev–Trinajstić information content (AvgIpc) is 2.95. The van der Waals surface area contributed by atoms with Gasteiger partial charge in [-0.2, -0.15) is 0 Å². The van der Waals surface area contributed by atoms with Crippen LogP contribution in [0.4, 0.5) is 0 Å². The molecule has 0 unspecified atom stereocenters. The molecule has 2 aromatic rings. The zero-order chi connectivity index (χ0) is 16.1. The van der Waals surface area contributed by atoms with Crippen molar-refractivity contribution in [1.82, 2.24) is 15.0 Å². The first-order valence-electron chi connectivity index (χ1n) is 7.35. The summed E-state index contributed by atoms with van der Waals surface area (Å²) in [5.41, 5.74) is 2.23. The van der Waals surface area contributed by atoms with Crippen molar-refractivity contribution in [1.29, 1.82) is 0 Å². The van der Waals surface area contributed by atoms with E-state index in [2.05, 4.69) is 24.2 Å². The van der Waals surface area contributed by atoms with E-state index in [-0.39, 0.29) is 6.61 Å². The summed E-state index contributed by atoms with van der Waals surface area (Å²) in [7, 11) is 3.22. The van der Waals surface area contributed by atoms with Crippen LogP contribution >= 0.6 is 0 Å². The lowest BCUT2D eigenvalue weighted by atomic mass is 10.1. The zero-order valence-electron chi connectivity index (χ0n) is 13.5. The standard InChI is InChI=1S/C16H23N3O3/c1-11(2)5-6-19-16(15(10-20)17-18-19)12-7-13(21-3)9-14(8-12)22-4/h7-9,11,20H,5-6,10H2,1-4H3. The number of benzene rings is 1. The third kappa shape index (κ3) is 3.57. The minimum Gasteiger partial charge on any atom is -0.497 e. The van der Waals surface area contributed by atoms with Gasteiger partial charge in [-0.05, 0) is 24.5 Å². The molecule has 0 amide bonds. The third-order valence-electron chi connectivity index (χ3n) is 3.50. The molecule has 0 aliphatic carbocycles. The maximum Gasteiger partial charge on any atom is 0.123 e. The molecule has 0 saturated carbocycles. The number of aliphatic hydroxyl groups excluding tert-OH is 1. The Bertz CT molecular complexity index is 601. The summed E-state index contributed by atoms with van der Waals surface area (Å²) >= 11 is 0. The fourth-order valence-electron chi connectivity index (χ4n) is 2.25. The number of aliphatic hydroxyl groups is 1. The van der Waals surface area contributed by atoms with Crippen LogP contribution in [-0.2, 0) is 13.2 Å². The molecule has 6 heteroatoms. The summed E-state index contributed by atoms with van der Waals surface area (Å²) in [6.45, 7) is 4.92.